The Bertz CT molecular complexity index is 172. The van der Waals surface area contributed by atoms with Crippen LogP contribution in [0.15, 0.2) is 30.3 Å². The molecule has 1 nitrogen and oxygen atoms in total. The normalized spacial score (nSPS) is 13.1. The molecule has 0 amide bonds. The summed E-state index contributed by atoms with van der Waals surface area (Å²) in [6.07, 6.45) is -1.84. The van der Waals surface area contributed by atoms with Gasteiger partial charge in [-0.05, 0) is 0 Å². The first-order valence-electron chi connectivity index (χ1n) is 2.68. The van der Waals surface area contributed by atoms with Crippen molar-refractivity contribution in [1.82, 2.24) is 5.73 Å². The van der Waals surface area contributed by atoms with Gasteiger partial charge < -0.3 is 0 Å². The Morgan fingerprint density at radius 2 is 1.78 bits per heavy atom. The van der Waals surface area contributed by atoms with Gasteiger partial charge >= 0.3 is 0 Å². The third-order valence-electron chi connectivity index (χ3n) is 1.07. The third kappa shape index (κ3) is 1.50. The number of hydrogen-bond acceptors (Lipinski definition) is 0. The molecule has 2 heteroatoms. The molecule has 1 aromatic carbocycles. The van der Waals surface area contributed by atoms with Crippen molar-refractivity contribution in [2.45, 2.75) is 6.30 Å². The topological polar surface area (TPSA) is 22.3 Å². The quantitative estimate of drug-likeness (QED) is 0.507. The van der Waals surface area contributed by atoms with E-state index in [2.05, 4.69) is 0 Å². The zero-order valence-electron chi connectivity index (χ0n) is 4.79. The summed E-state index contributed by atoms with van der Waals surface area (Å²) in [6, 6.07) is 8.19. The molecule has 0 bridgehead atoms. The molecule has 0 spiro atoms. The van der Waals surface area contributed by atoms with Gasteiger partial charge in [-0.2, -0.15) is 0 Å². The fourth-order valence-corrected chi connectivity index (χ4v) is 0.612. The molecule has 1 atom stereocenters. The number of alkyl halides is 1. The smallest absolute Gasteiger partial charge is 0.208 e. The lowest BCUT2D eigenvalue weighted by atomic mass is 10.2. The van der Waals surface area contributed by atoms with Crippen LogP contribution >= 0.6 is 0 Å². The van der Waals surface area contributed by atoms with Crippen LogP contribution in [-0.4, -0.2) is 0 Å². The molecule has 9 heavy (non-hydrogen) atoms. The highest BCUT2D eigenvalue weighted by molar-refractivity contribution is 5.15. The molecular weight excluding hydrogens is 117 g/mol. The number of hydrogen-bond donors (Lipinski definition) is 0. The van der Waals surface area contributed by atoms with Crippen molar-refractivity contribution in [3.05, 3.63) is 35.9 Å². The van der Waals surface area contributed by atoms with Crippen molar-refractivity contribution in [1.29, 1.82) is 0 Å². The van der Waals surface area contributed by atoms with Crippen molar-refractivity contribution >= 4 is 0 Å². The number of halogens is 1. The van der Waals surface area contributed by atoms with E-state index in [-0.39, 0.29) is 0 Å². The van der Waals surface area contributed by atoms with Gasteiger partial charge in [0.05, 0.1) is 0 Å². The zero-order chi connectivity index (χ0) is 6.69. The Labute approximate surface area is 53.3 Å². The molecule has 0 heterocycles. The molecule has 0 saturated carbocycles. The van der Waals surface area contributed by atoms with Crippen LogP contribution in [0.4, 0.5) is 4.39 Å². The standard InChI is InChI=1S/C7H6FN/c8-7(9)6-4-2-1-3-5-6/h1-5,7H. The fraction of sp³-hybridized carbons (Fsp3) is 0.143. The summed E-state index contributed by atoms with van der Waals surface area (Å²) in [7, 11) is 0. The molecule has 1 rings (SSSR count). The highest BCUT2D eigenvalue weighted by Gasteiger charge is 2.00. The van der Waals surface area contributed by atoms with Crippen molar-refractivity contribution in [2.75, 3.05) is 0 Å². The highest BCUT2D eigenvalue weighted by Crippen LogP contribution is 2.10. The number of rotatable bonds is 1. The first-order valence-corrected chi connectivity index (χ1v) is 2.68. The maximum Gasteiger partial charge on any atom is 0.208 e. The Morgan fingerprint density at radius 1 is 1.22 bits per heavy atom. The Morgan fingerprint density at radius 3 is 2.11 bits per heavy atom. The summed E-state index contributed by atoms with van der Waals surface area (Å²) < 4.78 is 12.0. The molecular formula is C7H6FN. The molecule has 0 aliphatic carbocycles. The molecule has 46 valence electrons. The van der Waals surface area contributed by atoms with Crippen LogP contribution in [0.25, 0.3) is 0 Å². The highest BCUT2D eigenvalue weighted by atomic mass is 19.1. The lowest BCUT2D eigenvalue weighted by Gasteiger charge is -1.95. The van der Waals surface area contributed by atoms with Gasteiger partial charge in [0.1, 0.15) is 0 Å². The van der Waals surface area contributed by atoms with Gasteiger partial charge in [-0.3, -0.25) is 0 Å². The maximum absolute atomic E-state index is 12.0. The molecule has 0 aliphatic rings. The van der Waals surface area contributed by atoms with Crippen LogP contribution in [0, 0.1) is 0 Å². The summed E-state index contributed by atoms with van der Waals surface area (Å²) in [4.78, 5) is 0. The Kier molecular flexibility index (Phi) is 1.80. The van der Waals surface area contributed by atoms with E-state index in [0.717, 1.165) is 0 Å². The molecule has 0 saturated heterocycles. The summed E-state index contributed by atoms with van der Waals surface area (Å²) >= 11 is 0. The van der Waals surface area contributed by atoms with E-state index in [1.807, 2.05) is 0 Å². The van der Waals surface area contributed by atoms with E-state index in [0.29, 0.717) is 5.56 Å². The zero-order valence-corrected chi connectivity index (χ0v) is 4.79. The van der Waals surface area contributed by atoms with Crippen LogP contribution in [0.5, 0.6) is 0 Å². The van der Waals surface area contributed by atoms with Gasteiger partial charge in [0.25, 0.3) is 0 Å². The summed E-state index contributed by atoms with van der Waals surface area (Å²) in [5, 5.41) is 0. The largest absolute Gasteiger partial charge is 0.222 e. The SMILES string of the molecule is [N]C(F)c1ccccc1. The Balaban J connectivity index is 2.85. The van der Waals surface area contributed by atoms with E-state index < -0.39 is 6.30 Å². The van der Waals surface area contributed by atoms with Crippen LogP contribution < -0.4 is 5.73 Å². The van der Waals surface area contributed by atoms with E-state index in [9.17, 15) is 4.39 Å². The first kappa shape index (κ1) is 6.23. The summed E-state index contributed by atoms with van der Waals surface area (Å²) in [5.41, 5.74) is 8.66. The van der Waals surface area contributed by atoms with Crippen molar-refractivity contribution < 1.29 is 4.39 Å². The molecule has 1 aromatic rings. The van der Waals surface area contributed by atoms with Crippen LogP contribution in [-0.2, 0) is 0 Å². The minimum atomic E-state index is -1.84. The average Bonchev–Trinajstić information content (AvgIpc) is 1.90. The lowest BCUT2D eigenvalue weighted by molar-refractivity contribution is 0.344. The van der Waals surface area contributed by atoms with Gasteiger partial charge in [0.2, 0.25) is 6.30 Å². The second-order valence-corrected chi connectivity index (χ2v) is 1.75. The Hall–Kier alpha value is -0.890. The predicted octanol–water partition coefficient (Wildman–Crippen LogP) is 1.72. The third-order valence-corrected chi connectivity index (χ3v) is 1.07. The minimum Gasteiger partial charge on any atom is -0.222 e. The molecule has 0 aromatic heterocycles. The van der Waals surface area contributed by atoms with E-state index >= 15 is 0 Å². The fourth-order valence-electron chi connectivity index (χ4n) is 0.612. The summed E-state index contributed by atoms with van der Waals surface area (Å²) in [5.74, 6) is 0. The molecule has 2 radical (unpaired) electrons. The van der Waals surface area contributed by atoms with Crippen molar-refractivity contribution in [2.24, 2.45) is 0 Å². The lowest BCUT2D eigenvalue weighted by Crippen LogP contribution is -1.88. The van der Waals surface area contributed by atoms with Crippen LogP contribution in [0.3, 0.4) is 0 Å². The van der Waals surface area contributed by atoms with Gasteiger partial charge in [-0.1, -0.05) is 36.1 Å². The number of benzene rings is 1. The van der Waals surface area contributed by atoms with Gasteiger partial charge in [-0.25, -0.2) is 4.39 Å². The van der Waals surface area contributed by atoms with Crippen LogP contribution in [0.2, 0.25) is 0 Å². The van der Waals surface area contributed by atoms with Crippen molar-refractivity contribution in [3.63, 3.8) is 0 Å². The molecule has 0 N–H and O–H groups in total. The molecule has 0 fully saturated rings. The first-order chi connectivity index (χ1) is 4.30. The average molecular weight is 123 g/mol. The van der Waals surface area contributed by atoms with Gasteiger partial charge in [0.15, 0.2) is 0 Å². The molecule has 0 aliphatic heterocycles. The minimum absolute atomic E-state index is 0.303. The van der Waals surface area contributed by atoms with Gasteiger partial charge in [-0.15, -0.1) is 0 Å². The second kappa shape index (κ2) is 2.60. The van der Waals surface area contributed by atoms with Crippen molar-refractivity contribution in [3.8, 4) is 0 Å². The van der Waals surface area contributed by atoms with E-state index in [4.69, 9.17) is 5.73 Å². The molecule has 1 unspecified atom stereocenters. The predicted molar refractivity (Wildman–Crippen MR) is 32.4 cm³/mol. The number of nitrogens with zero attached hydrogens (tertiary/aromatic N) is 1. The summed E-state index contributed by atoms with van der Waals surface area (Å²) in [6.45, 7) is 0. The van der Waals surface area contributed by atoms with Crippen LogP contribution in [0.1, 0.15) is 11.9 Å². The van der Waals surface area contributed by atoms with E-state index in [1.165, 1.54) is 12.1 Å². The monoisotopic (exact) mass is 123 g/mol. The maximum atomic E-state index is 12.0. The van der Waals surface area contributed by atoms with E-state index in [1.54, 1.807) is 18.2 Å². The van der Waals surface area contributed by atoms with Gasteiger partial charge in [0, 0.05) is 5.56 Å². The second-order valence-electron chi connectivity index (χ2n) is 1.75.